The zero-order valence-electron chi connectivity index (χ0n) is 16.2. The van der Waals surface area contributed by atoms with Crippen molar-refractivity contribution >= 4 is 17.4 Å². The summed E-state index contributed by atoms with van der Waals surface area (Å²) in [4.78, 5) is 16.3. The summed E-state index contributed by atoms with van der Waals surface area (Å²) in [5.41, 5.74) is 0.983. The van der Waals surface area contributed by atoms with Crippen molar-refractivity contribution in [1.82, 2.24) is 4.98 Å². The predicted molar refractivity (Wildman–Crippen MR) is 108 cm³/mol. The molecule has 0 saturated heterocycles. The number of rotatable bonds is 15. The fraction of sp³-hybridized carbons (Fsp3) is 0.727. The lowest BCUT2D eigenvalue weighted by Crippen LogP contribution is -2.16. The lowest BCUT2D eigenvalue weighted by molar-refractivity contribution is -0.122. The Morgan fingerprint density at radius 3 is 1.92 bits per heavy atom. The number of hydrogen-bond donors (Lipinski definition) is 0. The fourth-order valence-corrected chi connectivity index (χ4v) is 3.48. The molecule has 1 aromatic rings. The van der Waals surface area contributed by atoms with Gasteiger partial charge in [0.2, 0.25) is 0 Å². The Balaban J connectivity index is 2.03. The van der Waals surface area contributed by atoms with Gasteiger partial charge in [0.1, 0.15) is 5.78 Å². The Labute approximate surface area is 159 Å². The molecule has 0 saturated carbocycles. The number of carbonyl (C=O) groups excluding carboxylic acids is 1. The molecule has 0 spiro atoms. The molecule has 0 aliphatic rings. The average molecular weight is 366 g/mol. The molecule has 25 heavy (non-hydrogen) atoms. The number of pyridine rings is 1. The maximum absolute atomic E-state index is 12.3. The van der Waals surface area contributed by atoms with Gasteiger partial charge in [-0.25, -0.2) is 0 Å². The van der Waals surface area contributed by atoms with Gasteiger partial charge in [0.15, 0.2) is 0 Å². The number of alkyl halides is 1. The standard InChI is InChI=1S/C22H36ClNO/c1-3-4-5-6-7-8-9-10-11-12-13-14-21(25)19(2)22(23)20-15-17-24-18-16-20/h15-19,22H,3-14H2,1-2H3. The van der Waals surface area contributed by atoms with E-state index in [1.165, 1.54) is 57.8 Å². The molecule has 2 unspecified atom stereocenters. The van der Waals surface area contributed by atoms with Gasteiger partial charge in [0.05, 0.1) is 5.38 Å². The third kappa shape index (κ3) is 9.99. The zero-order valence-corrected chi connectivity index (χ0v) is 16.9. The van der Waals surface area contributed by atoms with Gasteiger partial charge in [-0.2, -0.15) is 0 Å². The third-order valence-corrected chi connectivity index (χ3v) is 5.63. The zero-order chi connectivity index (χ0) is 18.3. The summed E-state index contributed by atoms with van der Waals surface area (Å²) in [5, 5.41) is -0.247. The average Bonchev–Trinajstić information content (AvgIpc) is 2.65. The second-order valence-electron chi connectivity index (χ2n) is 7.22. The van der Waals surface area contributed by atoms with Crippen molar-refractivity contribution in [2.45, 2.75) is 96.3 Å². The van der Waals surface area contributed by atoms with Crippen LogP contribution in [0.3, 0.4) is 0 Å². The second kappa shape index (κ2) is 14.3. The minimum atomic E-state index is -0.247. The maximum atomic E-state index is 12.3. The topological polar surface area (TPSA) is 30.0 Å². The van der Waals surface area contributed by atoms with Crippen molar-refractivity contribution in [2.24, 2.45) is 5.92 Å². The Hall–Kier alpha value is -0.890. The van der Waals surface area contributed by atoms with Gasteiger partial charge in [-0.05, 0) is 24.1 Å². The number of halogens is 1. The highest BCUT2D eigenvalue weighted by molar-refractivity contribution is 6.22. The third-order valence-electron chi connectivity index (χ3n) is 5.00. The quantitative estimate of drug-likeness (QED) is 0.241. The highest BCUT2D eigenvalue weighted by Gasteiger charge is 2.22. The summed E-state index contributed by atoms with van der Waals surface area (Å²) in [6.07, 6.45) is 18.5. The SMILES string of the molecule is CCCCCCCCCCCCCC(=O)C(C)C(Cl)c1ccncc1. The molecule has 142 valence electrons. The summed E-state index contributed by atoms with van der Waals surface area (Å²) in [6.45, 7) is 4.21. The first-order valence-electron chi connectivity index (χ1n) is 10.2. The first kappa shape index (κ1) is 22.2. The minimum absolute atomic E-state index is 0.132. The van der Waals surface area contributed by atoms with Crippen molar-refractivity contribution in [3.63, 3.8) is 0 Å². The molecule has 0 amide bonds. The molecule has 0 aliphatic carbocycles. The van der Waals surface area contributed by atoms with Crippen molar-refractivity contribution in [1.29, 1.82) is 0 Å². The van der Waals surface area contributed by atoms with Crippen molar-refractivity contribution in [3.05, 3.63) is 30.1 Å². The minimum Gasteiger partial charge on any atom is -0.299 e. The van der Waals surface area contributed by atoms with Gasteiger partial charge in [0, 0.05) is 24.7 Å². The van der Waals surface area contributed by atoms with Crippen molar-refractivity contribution in [2.75, 3.05) is 0 Å². The smallest absolute Gasteiger partial charge is 0.137 e. The summed E-state index contributed by atoms with van der Waals surface area (Å²) in [5.74, 6) is 0.153. The van der Waals surface area contributed by atoms with Gasteiger partial charge in [-0.1, -0.05) is 78.1 Å². The number of unbranched alkanes of at least 4 members (excludes halogenated alkanes) is 10. The molecule has 1 heterocycles. The first-order chi connectivity index (χ1) is 12.2. The van der Waals surface area contributed by atoms with Crippen LogP contribution in [0.1, 0.15) is 102 Å². The van der Waals surface area contributed by atoms with Crippen LogP contribution >= 0.6 is 11.6 Å². The monoisotopic (exact) mass is 365 g/mol. The van der Waals surface area contributed by atoms with Crippen LogP contribution in [0.5, 0.6) is 0 Å². The van der Waals surface area contributed by atoms with Crippen molar-refractivity contribution < 1.29 is 4.79 Å². The normalized spacial score (nSPS) is 13.6. The van der Waals surface area contributed by atoms with Crippen LogP contribution in [0.4, 0.5) is 0 Å². The molecule has 3 heteroatoms. The van der Waals surface area contributed by atoms with E-state index in [0.717, 1.165) is 18.4 Å². The largest absolute Gasteiger partial charge is 0.299 e. The highest BCUT2D eigenvalue weighted by atomic mass is 35.5. The molecular formula is C22H36ClNO. The van der Waals surface area contributed by atoms with E-state index in [-0.39, 0.29) is 17.1 Å². The van der Waals surface area contributed by atoms with E-state index in [0.29, 0.717) is 6.42 Å². The number of hydrogen-bond acceptors (Lipinski definition) is 2. The van der Waals surface area contributed by atoms with E-state index in [1.807, 2.05) is 19.1 Å². The van der Waals surface area contributed by atoms with Crippen LogP contribution < -0.4 is 0 Å². The van der Waals surface area contributed by atoms with Gasteiger partial charge in [-0.15, -0.1) is 11.6 Å². The Morgan fingerprint density at radius 1 is 0.920 bits per heavy atom. The first-order valence-corrected chi connectivity index (χ1v) is 10.7. The molecule has 1 rings (SSSR count). The molecule has 0 aliphatic heterocycles. The molecule has 0 radical (unpaired) electrons. The molecule has 0 N–H and O–H groups in total. The summed E-state index contributed by atoms with van der Waals surface area (Å²) < 4.78 is 0. The van der Waals surface area contributed by atoms with Crippen LogP contribution in [0.2, 0.25) is 0 Å². The van der Waals surface area contributed by atoms with Gasteiger partial charge in [0.25, 0.3) is 0 Å². The number of ketones is 1. The Kier molecular flexibility index (Phi) is 12.7. The molecule has 2 atom stereocenters. The van der Waals surface area contributed by atoms with E-state index in [4.69, 9.17) is 11.6 Å². The number of aromatic nitrogens is 1. The van der Waals surface area contributed by atoms with E-state index in [2.05, 4.69) is 11.9 Å². The van der Waals surface area contributed by atoms with Crippen LogP contribution in [0.25, 0.3) is 0 Å². The van der Waals surface area contributed by atoms with E-state index < -0.39 is 0 Å². The summed E-state index contributed by atoms with van der Waals surface area (Å²) in [6, 6.07) is 3.79. The van der Waals surface area contributed by atoms with Crippen LogP contribution in [-0.2, 0) is 4.79 Å². The van der Waals surface area contributed by atoms with Gasteiger partial charge >= 0.3 is 0 Å². The van der Waals surface area contributed by atoms with E-state index in [1.54, 1.807) is 12.4 Å². The Bertz CT molecular complexity index is 449. The summed E-state index contributed by atoms with van der Waals surface area (Å²) in [7, 11) is 0. The van der Waals surface area contributed by atoms with E-state index in [9.17, 15) is 4.79 Å². The van der Waals surface area contributed by atoms with Gasteiger partial charge < -0.3 is 0 Å². The Morgan fingerprint density at radius 2 is 1.40 bits per heavy atom. The van der Waals surface area contributed by atoms with Crippen LogP contribution in [-0.4, -0.2) is 10.8 Å². The van der Waals surface area contributed by atoms with Crippen molar-refractivity contribution in [3.8, 4) is 0 Å². The number of Topliss-reactive ketones (excluding diaryl/α,β-unsaturated/α-hetero) is 1. The molecule has 0 fully saturated rings. The predicted octanol–water partition coefficient (Wildman–Crippen LogP) is 7.27. The maximum Gasteiger partial charge on any atom is 0.137 e. The lowest BCUT2D eigenvalue weighted by atomic mass is 9.93. The molecular weight excluding hydrogens is 330 g/mol. The van der Waals surface area contributed by atoms with Gasteiger partial charge in [-0.3, -0.25) is 9.78 Å². The second-order valence-corrected chi connectivity index (χ2v) is 7.69. The molecule has 2 nitrogen and oxygen atoms in total. The molecule has 1 aromatic heterocycles. The number of carbonyl (C=O) groups is 1. The fourth-order valence-electron chi connectivity index (χ4n) is 3.19. The van der Waals surface area contributed by atoms with E-state index >= 15 is 0 Å². The lowest BCUT2D eigenvalue weighted by Gasteiger charge is -2.17. The summed E-state index contributed by atoms with van der Waals surface area (Å²) >= 11 is 6.45. The number of nitrogens with zero attached hydrogens (tertiary/aromatic N) is 1. The molecule has 0 bridgehead atoms. The van der Waals surface area contributed by atoms with Crippen LogP contribution in [0, 0.1) is 5.92 Å². The van der Waals surface area contributed by atoms with Crippen LogP contribution in [0.15, 0.2) is 24.5 Å². The molecule has 0 aromatic carbocycles. The highest BCUT2D eigenvalue weighted by Crippen LogP contribution is 2.30.